The predicted octanol–water partition coefficient (Wildman–Crippen LogP) is 13.4. The Morgan fingerprint density at radius 1 is 0.293 bits per heavy atom. The summed E-state index contributed by atoms with van der Waals surface area (Å²) in [7, 11) is 0. The van der Waals surface area contributed by atoms with E-state index >= 15 is 0 Å². The molecule has 5 heteroatoms. The summed E-state index contributed by atoms with van der Waals surface area (Å²) >= 11 is 0. The fraction of sp³-hybridized carbons (Fsp3) is 0. The number of nitrogens with zero attached hydrogens (tertiary/aromatic N) is 5. The third-order valence-electron chi connectivity index (χ3n) is 11.5. The van der Waals surface area contributed by atoms with Gasteiger partial charge in [0.15, 0.2) is 17.5 Å². The molecular formula is C53H33N5. The summed E-state index contributed by atoms with van der Waals surface area (Å²) in [6, 6.07) is 70.9. The molecule has 3 aromatic heterocycles. The van der Waals surface area contributed by atoms with Gasteiger partial charge in [0.25, 0.3) is 0 Å². The number of benzene rings is 9. The van der Waals surface area contributed by atoms with Crippen molar-refractivity contribution in [1.29, 1.82) is 0 Å². The molecule has 58 heavy (non-hydrogen) atoms. The van der Waals surface area contributed by atoms with Gasteiger partial charge in [0.05, 0.1) is 27.8 Å². The molecule has 0 unspecified atom stereocenters. The van der Waals surface area contributed by atoms with Crippen LogP contribution in [-0.2, 0) is 0 Å². The van der Waals surface area contributed by atoms with Crippen molar-refractivity contribution in [2.24, 2.45) is 0 Å². The van der Waals surface area contributed by atoms with Gasteiger partial charge < -0.3 is 9.13 Å². The topological polar surface area (TPSA) is 48.5 Å². The molecule has 0 radical (unpaired) electrons. The molecule has 0 saturated carbocycles. The van der Waals surface area contributed by atoms with E-state index in [0.717, 1.165) is 60.9 Å². The van der Waals surface area contributed by atoms with Crippen LogP contribution in [0.1, 0.15) is 0 Å². The molecule has 12 aromatic rings. The fourth-order valence-electron chi connectivity index (χ4n) is 8.90. The summed E-state index contributed by atoms with van der Waals surface area (Å²) in [5.41, 5.74) is 9.41. The van der Waals surface area contributed by atoms with Gasteiger partial charge in [-0.1, -0.05) is 146 Å². The van der Waals surface area contributed by atoms with E-state index in [9.17, 15) is 0 Å². The molecule has 12 rings (SSSR count). The number of rotatable bonds is 5. The fourth-order valence-corrected chi connectivity index (χ4v) is 8.90. The van der Waals surface area contributed by atoms with Crippen LogP contribution >= 0.6 is 0 Å². The van der Waals surface area contributed by atoms with Gasteiger partial charge in [0, 0.05) is 43.9 Å². The van der Waals surface area contributed by atoms with E-state index in [4.69, 9.17) is 15.0 Å². The summed E-state index contributed by atoms with van der Waals surface area (Å²) in [4.78, 5) is 16.0. The summed E-state index contributed by atoms with van der Waals surface area (Å²) in [6.07, 6.45) is 0. The average molecular weight is 740 g/mol. The number of hydrogen-bond acceptors (Lipinski definition) is 3. The molecule has 0 fully saturated rings. The number of para-hydroxylation sites is 4. The Labute approximate surface area is 333 Å². The highest BCUT2D eigenvalue weighted by Gasteiger charge is 2.21. The van der Waals surface area contributed by atoms with Crippen LogP contribution < -0.4 is 0 Å². The Kier molecular flexibility index (Phi) is 7.16. The first-order valence-electron chi connectivity index (χ1n) is 19.6. The predicted molar refractivity (Wildman–Crippen MR) is 240 cm³/mol. The molecule has 0 spiro atoms. The van der Waals surface area contributed by atoms with Crippen LogP contribution in [-0.4, -0.2) is 24.1 Å². The van der Waals surface area contributed by atoms with E-state index in [-0.39, 0.29) is 0 Å². The Bertz CT molecular complexity index is 3570. The van der Waals surface area contributed by atoms with Crippen LogP contribution in [0.25, 0.3) is 111 Å². The maximum Gasteiger partial charge on any atom is 0.166 e. The summed E-state index contributed by atoms with van der Waals surface area (Å²) in [5, 5.41) is 9.43. The molecule has 0 bridgehead atoms. The minimum atomic E-state index is 0.610. The second-order valence-electron chi connectivity index (χ2n) is 14.8. The van der Waals surface area contributed by atoms with Crippen molar-refractivity contribution in [3.63, 3.8) is 0 Å². The van der Waals surface area contributed by atoms with Gasteiger partial charge in [0.2, 0.25) is 0 Å². The van der Waals surface area contributed by atoms with E-state index in [1.807, 2.05) is 0 Å². The highest BCUT2D eigenvalue weighted by Crippen LogP contribution is 2.39. The van der Waals surface area contributed by atoms with Crippen molar-refractivity contribution in [3.8, 4) is 45.5 Å². The Balaban J connectivity index is 1.14. The largest absolute Gasteiger partial charge is 0.309 e. The molecule has 0 atom stereocenters. The Morgan fingerprint density at radius 3 is 1.64 bits per heavy atom. The zero-order valence-corrected chi connectivity index (χ0v) is 31.3. The maximum atomic E-state index is 5.38. The van der Waals surface area contributed by atoms with Crippen molar-refractivity contribution < 1.29 is 0 Å². The molecule has 0 aliphatic heterocycles. The molecule has 0 aliphatic rings. The second kappa shape index (κ2) is 12.8. The molecule has 5 nitrogen and oxygen atoms in total. The number of aromatic nitrogens is 5. The lowest BCUT2D eigenvalue weighted by molar-refractivity contribution is 1.07. The second-order valence-corrected chi connectivity index (χ2v) is 14.8. The Hall–Kier alpha value is -7.89. The van der Waals surface area contributed by atoms with Gasteiger partial charge in [0.1, 0.15) is 0 Å². The van der Waals surface area contributed by atoms with E-state index in [0.29, 0.717) is 17.5 Å². The molecule has 0 N–H and O–H groups in total. The van der Waals surface area contributed by atoms with Gasteiger partial charge in [-0.15, -0.1) is 0 Å². The van der Waals surface area contributed by atoms with Gasteiger partial charge in [-0.25, -0.2) is 15.0 Å². The van der Waals surface area contributed by atoms with Gasteiger partial charge in [-0.2, -0.15) is 0 Å². The van der Waals surface area contributed by atoms with Crippen LogP contribution in [0.3, 0.4) is 0 Å². The van der Waals surface area contributed by atoms with Crippen molar-refractivity contribution in [2.75, 3.05) is 0 Å². The van der Waals surface area contributed by atoms with Crippen LogP contribution in [0.15, 0.2) is 200 Å². The molecule has 0 amide bonds. The first-order valence-corrected chi connectivity index (χ1v) is 19.6. The first kappa shape index (κ1) is 32.4. The number of hydrogen-bond donors (Lipinski definition) is 0. The van der Waals surface area contributed by atoms with Crippen LogP contribution in [0.4, 0.5) is 0 Å². The zero-order chi connectivity index (χ0) is 38.2. The monoisotopic (exact) mass is 739 g/mol. The summed E-state index contributed by atoms with van der Waals surface area (Å²) < 4.78 is 4.71. The average Bonchev–Trinajstić information content (AvgIpc) is 3.80. The van der Waals surface area contributed by atoms with Crippen LogP contribution in [0.2, 0.25) is 0 Å². The van der Waals surface area contributed by atoms with Crippen LogP contribution in [0, 0.1) is 0 Å². The SMILES string of the molecule is c1ccc(-n2c3ccccc3c3ccc(-c4nc(-c5ccccc5-n5c6ccccc6c6cc7ccccc7cc65)nc(-c5cccc6ccccc56)n4)cc32)cc1. The van der Waals surface area contributed by atoms with E-state index < -0.39 is 0 Å². The van der Waals surface area contributed by atoms with Gasteiger partial charge >= 0.3 is 0 Å². The van der Waals surface area contributed by atoms with Crippen molar-refractivity contribution in [1.82, 2.24) is 24.1 Å². The standard InChI is InChI=1S/C53H33N5/c1-2-19-38(20-3-1)57-46-26-11-8-22-40(46)42-30-29-37(33-49(42)57)51-54-52(43-25-14-18-34-15-6-7-21-39(34)43)56-53(55-51)44-24-10-13-28-48(44)58-47-27-12-9-23-41(47)45-31-35-16-4-5-17-36(35)32-50(45)58/h1-33H. The maximum absolute atomic E-state index is 5.38. The van der Waals surface area contributed by atoms with Crippen molar-refractivity contribution in [2.45, 2.75) is 0 Å². The third kappa shape index (κ3) is 5.00. The quantitative estimate of drug-likeness (QED) is 0.177. The van der Waals surface area contributed by atoms with E-state index in [1.54, 1.807) is 0 Å². The molecule has 9 aromatic carbocycles. The molecule has 270 valence electrons. The lowest BCUT2D eigenvalue weighted by atomic mass is 10.0. The minimum Gasteiger partial charge on any atom is -0.309 e. The Morgan fingerprint density at radius 2 is 0.828 bits per heavy atom. The smallest absolute Gasteiger partial charge is 0.166 e. The van der Waals surface area contributed by atoms with Gasteiger partial charge in [-0.05, 0) is 76.1 Å². The van der Waals surface area contributed by atoms with Crippen molar-refractivity contribution in [3.05, 3.63) is 200 Å². The van der Waals surface area contributed by atoms with E-state index in [1.165, 1.54) is 32.3 Å². The lowest BCUT2D eigenvalue weighted by Crippen LogP contribution is -2.04. The normalized spacial score (nSPS) is 11.8. The molecule has 0 saturated heterocycles. The van der Waals surface area contributed by atoms with Crippen molar-refractivity contribution >= 4 is 65.2 Å². The molecule has 0 aliphatic carbocycles. The summed E-state index contributed by atoms with van der Waals surface area (Å²) in [6.45, 7) is 0. The van der Waals surface area contributed by atoms with Crippen LogP contribution in [0.5, 0.6) is 0 Å². The molecular weight excluding hydrogens is 707 g/mol. The highest BCUT2D eigenvalue weighted by atomic mass is 15.1. The van der Waals surface area contributed by atoms with E-state index in [2.05, 4.69) is 209 Å². The highest BCUT2D eigenvalue weighted by molar-refractivity contribution is 6.14. The van der Waals surface area contributed by atoms with Gasteiger partial charge in [-0.3, -0.25) is 0 Å². The number of fused-ring (bicyclic) bond motifs is 8. The molecule has 3 heterocycles. The third-order valence-corrected chi connectivity index (χ3v) is 11.5. The first-order chi connectivity index (χ1) is 28.8. The summed E-state index contributed by atoms with van der Waals surface area (Å²) in [5.74, 6) is 1.85. The lowest BCUT2D eigenvalue weighted by Gasteiger charge is -2.15. The zero-order valence-electron chi connectivity index (χ0n) is 31.3. The minimum absolute atomic E-state index is 0.610.